The lowest BCUT2D eigenvalue weighted by Crippen LogP contribution is -2.40. The Morgan fingerprint density at radius 3 is 2.42 bits per heavy atom. The van der Waals surface area contributed by atoms with Crippen LogP contribution in [0.5, 0.6) is 0 Å². The number of carbonyl (C=O) groups is 1. The van der Waals surface area contributed by atoms with Crippen LogP contribution in [0.2, 0.25) is 0 Å². The van der Waals surface area contributed by atoms with Gasteiger partial charge in [0, 0.05) is 63.9 Å². The Hall–Kier alpha value is -4.22. The highest BCUT2D eigenvalue weighted by Gasteiger charge is 2.25. The Bertz CT molecular complexity index is 2110. The summed E-state index contributed by atoms with van der Waals surface area (Å²) in [6, 6.07) is 13.1. The highest BCUT2D eigenvalue weighted by Crippen LogP contribution is 2.43. The molecule has 0 amide bonds. The van der Waals surface area contributed by atoms with Crippen molar-refractivity contribution >= 4 is 28.8 Å². The molecular formula is C31H30N2O5. The number of benzene rings is 3. The van der Waals surface area contributed by atoms with E-state index in [4.69, 9.17) is 30.5 Å². The Balaban J connectivity index is 0.00000156. The second kappa shape index (κ2) is 9.92. The zero-order chi connectivity index (χ0) is 37.8. The second-order valence-corrected chi connectivity index (χ2v) is 9.59. The van der Waals surface area contributed by atoms with E-state index in [0.29, 0.717) is 26.0 Å². The topological polar surface area (TPSA) is 93.7 Å². The van der Waals surface area contributed by atoms with Gasteiger partial charge in [0.2, 0.25) is 5.36 Å². The van der Waals surface area contributed by atoms with Crippen molar-refractivity contribution in [1.82, 2.24) is 4.58 Å². The number of rotatable bonds is 3. The van der Waals surface area contributed by atoms with Crippen molar-refractivity contribution in [1.29, 1.82) is 0 Å². The van der Waals surface area contributed by atoms with E-state index in [2.05, 4.69) is 0 Å². The van der Waals surface area contributed by atoms with E-state index in [-0.39, 0.29) is 39.7 Å². The van der Waals surface area contributed by atoms with E-state index in [1.165, 1.54) is 42.5 Å². The average Bonchev–Trinajstić information content (AvgIpc) is 2.98. The van der Waals surface area contributed by atoms with E-state index in [1.54, 1.807) is 12.1 Å². The van der Waals surface area contributed by atoms with Crippen molar-refractivity contribution in [3.8, 4) is 22.5 Å². The molecule has 1 aliphatic carbocycles. The lowest BCUT2D eigenvalue weighted by atomic mass is 9.82. The molecule has 0 atom stereocenters. The van der Waals surface area contributed by atoms with Gasteiger partial charge in [-0.25, -0.2) is 4.58 Å². The molecule has 3 heterocycles. The van der Waals surface area contributed by atoms with Gasteiger partial charge in [-0.2, -0.15) is 9.59 Å². The van der Waals surface area contributed by atoms with Crippen molar-refractivity contribution in [2.75, 3.05) is 30.9 Å². The Morgan fingerprint density at radius 2 is 1.74 bits per heavy atom. The Labute approximate surface area is 237 Å². The molecule has 3 aliphatic heterocycles. The third-order valence-electron chi connectivity index (χ3n) is 6.25. The van der Waals surface area contributed by atoms with Gasteiger partial charge in [-0.05, 0) is 47.2 Å². The number of hydrogen-bond acceptors (Lipinski definition) is 6. The third kappa shape index (κ3) is 4.61. The molecule has 7 heteroatoms. The standard InChI is InChI=1S/C30H30N2O3.CO2/c1-30(2,3)19-6-9-22(29(33)34)25(16-19)28-23-10-7-20(31-12-4-13-31)17-26(23)35-27-18-21(8-11-24(27)28)32-14-5-15-32;2-1-3/h6-11,16-18H,4-5,12-15H2,1-3H3;/i4D2,5D2,12D2,13D2,14D2,15D2;. The smallest absolute Gasteiger partial charge is 0.373 e. The minimum atomic E-state index is -2.85. The number of aromatic carboxylic acids is 1. The largest absolute Gasteiger partial charge is 0.545 e. The van der Waals surface area contributed by atoms with E-state index < -0.39 is 50.1 Å². The molecule has 0 unspecified atom stereocenters. The van der Waals surface area contributed by atoms with Gasteiger partial charge in [0.25, 0.3) is 0 Å². The van der Waals surface area contributed by atoms with Crippen molar-refractivity contribution in [3.05, 3.63) is 71.1 Å². The minimum absolute atomic E-state index is 0.0108. The first-order chi connectivity index (χ1) is 22.7. The molecule has 2 saturated heterocycles. The van der Waals surface area contributed by atoms with Crippen LogP contribution in [0.25, 0.3) is 33.4 Å². The lowest BCUT2D eigenvalue weighted by Gasteiger charge is -2.33. The molecule has 194 valence electrons. The number of carbonyl (C=O) groups excluding carboxylic acids is 3. The van der Waals surface area contributed by atoms with Gasteiger partial charge >= 0.3 is 6.15 Å². The number of hydrogen-bond donors (Lipinski definition) is 0. The van der Waals surface area contributed by atoms with Crippen molar-refractivity contribution in [3.63, 3.8) is 0 Å². The van der Waals surface area contributed by atoms with Crippen molar-refractivity contribution in [2.45, 2.75) is 38.9 Å². The molecule has 4 aliphatic rings. The van der Waals surface area contributed by atoms with Crippen LogP contribution in [-0.2, 0) is 15.0 Å². The van der Waals surface area contributed by atoms with Crippen LogP contribution in [0, 0.1) is 0 Å². The van der Waals surface area contributed by atoms with E-state index >= 15 is 0 Å². The molecule has 0 radical (unpaired) electrons. The highest BCUT2D eigenvalue weighted by molar-refractivity contribution is 6.07. The van der Waals surface area contributed by atoms with Gasteiger partial charge in [-0.15, -0.1) is 0 Å². The molecule has 38 heavy (non-hydrogen) atoms. The first-order valence-electron chi connectivity index (χ1n) is 17.5. The minimum Gasteiger partial charge on any atom is -0.545 e. The predicted molar refractivity (Wildman–Crippen MR) is 143 cm³/mol. The maximum atomic E-state index is 12.4. The monoisotopic (exact) mass is 522 g/mol. The van der Waals surface area contributed by atoms with Gasteiger partial charge < -0.3 is 19.2 Å². The zero-order valence-electron chi connectivity index (χ0n) is 32.6. The summed E-state index contributed by atoms with van der Waals surface area (Å²) in [6.45, 7) is -5.13. The Kier molecular flexibility index (Phi) is 3.82. The third-order valence-corrected chi connectivity index (χ3v) is 6.25. The number of nitrogens with zero attached hydrogens (tertiary/aromatic N) is 2. The fourth-order valence-electron chi connectivity index (χ4n) is 4.31. The van der Waals surface area contributed by atoms with E-state index in [1.807, 2.05) is 20.8 Å². The maximum absolute atomic E-state index is 12.4. The average molecular weight is 523 g/mol. The summed E-state index contributed by atoms with van der Waals surface area (Å²) < 4.78 is 105. The summed E-state index contributed by atoms with van der Waals surface area (Å²) in [5.74, 6) is -1.46. The quantitative estimate of drug-likeness (QED) is 0.301. The molecule has 0 aromatic heterocycles. The van der Waals surface area contributed by atoms with Crippen LogP contribution < -0.4 is 19.9 Å². The van der Waals surface area contributed by atoms with Gasteiger partial charge in [0.1, 0.15) is 29.8 Å². The summed E-state index contributed by atoms with van der Waals surface area (Å²) in [5.41, 5.74) is 1.05. The summed E-state index contributed by atoms with van der Waals surface area (Å²) in [6.07, 6.45) is -5.46. The summed E-state index contributed by atoms with van der Waals surface area (Å²) in [7, 11) is 0. The van der Waals surface area contributed by atoms with Crippen LogP contribution in [0.1, 0.15) is 65.9 Å². The molecule has 7 nitrogen and oxygen atoms in total. The number of carboxylic acids is 1. The predicted octanol–water partition coefficient (Wildman–Crippen LogP) is 3.67. The summed E-state index contributed by atoms with van der Waals surface area (Å²) in [4.78, 5) is 29.3. The zero-order valence-corrected chi connectivity index (χ0v) is 20.6. The molecule has 0 spiro atoms. The molecule has 0 N–H and O–H groups in total. The van der Waals surface area contributed by atoms with Crippen molar-refractivity contribution < 1.29 is 40.4 Å². The molecule has 0 bridgehead atoms. The molecule has 2 aromatic rings. The van der Waals surface area contributed by atoms with Gasteiger partial charge in [0.15, 0.2) is 0 Å². The van der Waals surface area contributed by atoms with Crippen LogP contribution in [-0.4, -0.2) is 38.1 Å². The molecular weight excluding hydrogens is 480 g/mol. The first kappa shape index (κ1) is 14.6. The normalized spacial score (nSPS) is 27.4. The molecule has 0 saturated carbocycles. The second-order valence-electron chi connectivity index (χ2n) is 9.59. The number of carboxylic acid groups (broad SMARTS) is 1. The SMILES string of the molecule is O=C=O.[2H]C1([2H])N(c2ccc3c(-c4cc(C(C)(C)C)ccc4C(=O)[O-])c4ccc(=[N+]5C([2H])([2H])C([2H])([2H])C5([2H])[2H])cc-4oc3c2)C([2H])([2H])C1([2H])[2H]. The van der Waals surface area contributed by atoms with Gasteiger partial charge in [-0.3, -0.25) is 0 Å². The van der Waals surface area contributed by atoms with Crippen LogP contribution in [0.3, 0.4) is 0 Å². The van der Waals surface area contributed by atoms with E-state index in [9.17, 15) is 9.90 Å². The number of anilines is 1. The highest BCUT2D eigenvalue weighted by atomic mass is 16.4. The molecule has 2 aromatic carbocycles. The Morgan fingerprint density at radius 1 is 1.00 bits per heavy atom. The molecule has 6 rings (SSSR count). The fraction of sp³-hybridized carbons (Fsp3) is 0.323. The number of fused-ring (bicyclic) bond motifs is 2. The van der Waals surface area contributed by atoms with Gasteiger partial charge in [0.05, 0.1) is 18.4 Å². The van der Waals surface area contributed by atoms with E-state index in [0.717, 1.165) is 5.56 Å². The van der Waals surface area contributed by atoms with Crippen LogP contribution in [0.4, 0.5) is 5.69 Å². The van der Waals surface area contributed by atoms with Gasteiger partial charge in [-0.1, -0.05) is 32.9 Å². The maximum Gasteiger partial charge on any atom is 0.373 e. The van der Waals surface area contributed by atoms with Crippen molar-refractivity contribution in [2.24, 2.45) is 0 Å². The van der Waals surface area contributed by atoms with Crippen LogP contribution >= 0.6 is 0 Å². The summed E-state index contributed by atoms with van der Waals surface area (Å²) >= 11 is 0. The van der Waals surface area contributed by atoms with Crippen LogP contribution in [0.15, 0.2) is 59.0 Å². The fourth-order valence-corrected chi connectivity index (χ4v) is 4.31. The summed E-state index contributed by atoms with van der Waals surface area (Å²) in [5, 5.41) is 12.7. The lowest BCUT2D eigenvalue weighted by molar-refractivity contribution is -0.255. The first-order valence-corrected chi connectivity index (χ1v) is 11.5. The molecule has 2 fully saturated rings.